The lowest BCUT2D eigenvalue weighted by atomic mass is 10.1. The van der Waals surface area contributed by atoms with Crippen LogP contribution in [-0.2, 0) is 9.53 Å². The molecule has 17 heavy (non-hydrogen) atoms. The summed E-state index contributed by atoms with van der Waals surface area (Å²) in [6.45, 7) is 9.65. The van der Waals surface area contributed by atoms with Crippen molar-refractivity contribution in [2.45, 2.75) is 40.2 Å². The highest BCUT2D eigenvalue weighted by Crippen LogP contribution is 2.13. The Morgan fingerprint density at radius 3 is 2.41 bits per heavy atom. The summed E-state index contributed by atoms with van der Waals surface area (Å²) in [7, 11) is 0. The van der Waals surface area contributed by atoms with Crippen molar-refractivity contribution < 1.29 is 9.53 Å². The van der Waals surface area contributed by atoms with E-state index in [2.05, 4.69) is 6.07 Å². The highest BCUT2D eigenvalue weighted by Gasteiger charge is 2.13. The van der Waals surface area contributed by atoms with Crippen LogP contribution in [0.5, 0.6) is 0 Å². The molecule has 0 aliphatic rings. The average Bonchev–Trinajstić information content (AvgIpc) is 2.13. The Morgan fingerprint density at radius 1 is 1.24 bits per heavy atom. The van der Waals surface area contributed by atoms with Crippen molar-refractivity contribution in [2.24, 2.45) is 0 Å². The molecule has 0 heterocycles. The molecule has 0 saturated heterocycles. The number of carbonyl (C=O) groups excluding carboxylic acids is 1. The zero-order valence-corrected chi connectivity index (χ0v) is 11.2. The summed E-state index contributed by atoms with van der Waals surface area (Å²) in [6.07, 6.45) is 3.27. The van der Waals surface area contributed by atoms with Crippen LogP contribution in [0.25, 0.3) is 6.08 Å². The van der Waals surface area contributed by atoms with Crippen LogP contribution in [0.2, 0.25) is 0 Å². The van der Waals surface area contributed by atoms with Crippen molar-refractivity contribution in [3.8, 4) is 0 Å². The quantitative estimate of drug-likeness (QED) is 0.574. The lowest BCUT2D eigenvalue weighted by molar-refractivity contribution is -0.148. The summed E-state index contributed by atoms with van der Waals surface area (Å²) in [5.74, 6) is -0.308. The van der Waals surface area contributed by atoms with E-state index in [4.69, 9.17) is 4.74 Å². The maximum Gasteiger partial charge on any atom is 0.331 e. The second kappa shape index (κ2) is 5.17. The Balaban J connectivity index is 2.74. The van der Waals surface area contributed by atoms with Crippen molar-refractivity contribution >= 4 is 12.0 Å². The van der Waals surface area contributed by atoms with E-state index in [0.29, 0.717) is 0 Å². The van der Waals surface area contributed by atoms with Gasteiger partial charge in [0.1, 0.15) is 5.60 Å². The first-order valence-electron chi connectivity index (χ1n) is 5.76. The van der Waals surface area contributed by atoms with Gasteiger partial charge in [-0.05, 0) is 51.8 Å². The van der Waals surface area contributed by atoms with Gasteiger partial charge in [0, 0.05) is 6.08 Å². The van der Waals surface area contributed by atoms with Crippen LogP contribution in [0.1, 0.15) is 37.5 Å². The highest BCUT2D eigenvalue weighted by atomic mass is 16.6. The Morgan fingerprint density at radius 2 is 1.88 bits per heavy atom. The molecule has 0 aliphatic heterocycles. The second-order valence-electron chi connectivity index (χ2n) is 5.23. The first kappa shape index (κ1) is 13.5. The predicted molar refractivity (Wildman–Crippen MR) is 70.8 cm³/mol. The monoisotopic (exact) mass is 232 g/mol. The molecule has 0 N–H and O–H groups in total. The smallest absolute Gasteiger partial charge is 0.331 e. The first-order chi connectivity index (χ1) is 7.78. The Hall–Kier alpha value is -1.57. The number of carbonyl (C=O) groups is 1. The van der Waals surface area contributed by atoms with Crippen LogP contribution >= 0.6 is 0 Å². The number of hydrogen-bond donors (Lipinski definition) is 0. The molecule has 1 aromatic carbocycles. The molecular weight excluding hydrogens is 212 g/mol. The number of rotatable bonds is 2. The van der Waals surface area contributed by atoms with Gasteiger partial charge in [-0.15, -0.1) is 0 Å². The molecule has 2 heteroatoms. The van der Waals surface area contributed by atoms with Crippen LogP contribution in [-0.4, -0.2) is 11.6 Å². The highest BCUT2D eigenvalue weighted by molar-refractivity contribution is 5.87. The van der Waals surface area contributed by atoms with Gasteiger partial charge in [0.15, 0.2) is 0 Å². The van der Waals surface area contributed by atoms with Crippen molar-refractivity contribution in [1.29, 1.82) is 0 Å². The standard InChI is InChI=1S/C15H20O2/c1-11-6-7-13(12(2)10-11)8-9-14(16)17-15(3,4)5/h6-10H,1-5H3. The summed E-state index contributed by atoms with van der Waals surface area (Å²) in [5.41, 5.74) is 2.98. The predicted octanol–water partition coefficient (Wildman–Crippen LogP) is 3.66. The lowest BCUT2D eigenvalue weighted by Gasteiger charge is -2.17. The minimum absolute atomic E-state index is 0.308. The van der Waals surface area contributed by atoms with E-state index in [1.807, 2.05) is 46.8 Å². The van der Waals surface area contributed by atoms with E-state index in [1.54, 1.807) is 6.08 Å². The zero-order valence-electron chi connectivity index (χ0n) is 11.2. The maximum atomic E-state index is 11.5. The van der Waals surface area contributed by atoms with E-state index in [-0.39, 0.29) is 5.97 Å². The van der Waals surface area contributed by atoms with Gasteiger partial charge < -0.3 is 4.74 Å². The minimum Gasteiger partial charge on any atom is -0.457 e. The van der Waals surface area contributed by atoms with Crippen molar-refractivity contribution in [3.63, 3.8) is 0 Å². The van der Waals surface area contributed by atoms with Gasteiger partial charge in [0.05, 0.1) is 0 Å². The molecule has 92 valence electrons. The minimum atomic E-state index is -0.441. The fraction of sp³-hybridized carbons (Fsp3) is 0.400. The molecule has 0 amide bonds. The van der Waals surface area contributed by atoms with Crippen LogP contribution in [0, 0.1) is 13.8 Å². The average molecular weight is 232 g/mol. The molecule has 0 spiro atoms. The number of benzene rings is 1. The largest absolute Gasteiger partial charge is 0.457 e. The Labute approximate surface area is 103 Å². The van der Waals surface area contributed by atoms with Crippen LogP contribution in [0.15, 0.2) is 24.3 Å². The molecule has 0 radical (unpaired) electrons. The lowest BCUT2D eigenvalue weighted by Crippen LogP contribution is -2.22. The van der Waals surface area contributed by atoms with Crippen molar-refractivity contribution in [1.82, 2.24) is 0 Å². The molecule has 1 rings (SSSR count). The molecule has 0 aliphatic carbocycles. The van der Waals surface area contributed by atoms with E-state index in [0.717, 1.165) is 11.1 Å². The number of ether oxygens (including phenoxy) is 1. The third-order valence-electron chi connectivity index (χ3n) is 2.23. The number of esters is 1. The molecular formula is C15H20O2. The Bertz CT molecular complexity index is 437. The molecule has 0 unspecified atom stereocenters. The second-order valence-corrected chi connectivity index (χ2v) is 5.23. The fourth-order valence-electron chi connectivity index (χ4n) is 1.51. The summed E-state index contributed by atoms with van der Waals surface area (Å²) >= 11 is 0. The van der Waals surface area contributed by atoms with Gasteiger partial charge in [-0.3, -0.25) is 0 Å². The van der Waals surface area contributed by atoms with Crippen LogP contribution in [0.3, 0.4) is 0 Å². The van der Waals surface area contributed by atoms with E-state index in [9.17, 15) is 4.79 Å². The third kappa shape index (κ3) is 4.85. The summed E-state index contributed by atoms with van der Waals surface area (Å²) in [6, 6.07) is 6.13. The molecule has 0 saturated carbocycles. The van der Waals surface area contributed by atoms with Gasteiger partial charge in [-0.25, -0.2) is 4.79 Å². The van der Waals surface area contributed by atoms with Gasteiger partial charge in [-0.1, -0.05) is 23.8 Å². The summed E-state index contributed by atoms with van der Waals surface area (Å²) in [5, 5.41) is 0. The van der Waals surface area contributed by atoms with E-state index in [1.165, 1.54) is 11.6 Å². The number of hydrogen-bond acceptors (Lipinski definition) is 2. The van der Waals surface area contributed by atoms with E-state index >= 15 is 0 Å². The molecule has 0 fully saturated rings. The number of aryl methyl sites for hydroxylation is 2. The van der Waals surface area contributed by atoms with Gasteiger partial charge in [-0.2, -0.15) is 0 Å². The first-order valence-corrected chi connectivity index (χ1v) is 5.76. The van der Waals surface area contributed by atoms with Gasteiger partial charge in [0.2, 0.25) is 0 Å². The van der Waals surface area contributed by atoms with Crippen molar-refractivity contribution in [2.75, 3.05) is 0 Å². The third-order valence-corrected chi connectivity index (χ3v) is 2.23. The molecule has 2 nitrogen and oxygen atoms in total. The Kier molecular flexibility index (Phi) is 4.11. The summed E-state index contributed by atoms with van der Waals surface area (Å²) in [4.78, 5) is 11.5. The van der Waals surface area contributed by atoms with Gasteiger partial charge in [0.25, 0.3) is 0 Å². The molecule has 1 aromatic rings. The summed E-state index contributed by atoms with van der Waals surface area (Å²) < 4.78 is 5.20. The fourth-order valence-corrected chi connectivity index (χ4v) is 1.51. The normalized spacial score (nSPS) is 11.8. The van der Waals surface area contributed by atoms with Gasteiger partial charge >= 0.3 is 5.97 Å². The zero-order chi connectivity index (χ0) is 13.1. The van der Waals surface area contributed by atoms with Crippen molar-refractivity contribution in [3.05, 3.63) is 41.0 Å². The molecule has 0 atom stereocenters. The van der Waals surface area contributed by atoms with Crippen LogP contribution < -0.4 is 0 Å². The SMILES string of the molecule is Cc1ccc(C=CC(=O)OC(C)(C)C)c(C)c1. The van der Waals surface area contributed by atoms with Crippen LogP contribution in [0.4, 0.5) is 0 Å². The van der Waals surface area contributed by atoms with E-state index < -0.39 is 5.60 Å². The topological polar surface area (TPSA) is 26.3 Å². The molecule has 0 aromatic heterocycles. The maximum absolute atomic E-state index is 11.5. The molecule has 0 bridgehead atoms.